The van der Waals surface area contributed by atoms with Gasteiger partial charge in [0.2, 0.25) is 0 Å². The van der Waals surface area contributed by atoms with Gasteiger partial charge in [0.15, 0.2) is 0 Å². The van der Waals surface area contributed by atoms with Crippen LogP contribution in [-0.2, 0) is 24.2 Å². The Morgan fingerprint density at radius 3 is 2.39 bits per heavy atom. The Morgan fingerprint density at radius 2 is 1.81 bits per heavy atom. The molecule has 0 spiro atoms. The van der Waals surface area contributed by atoms with Crippen molar-refractivity contribution in [2.75, 3.05) is 0 Å². The van der Waals surface area contributed by atoms with Crippen LogP contribution in [0.4, 0.5) is 0 Å². The Kier molecular flexibility index (Phi) is 8.81. The lowest BCUT2D eigenvalue weighted by Gasteiger charge is -2.18. The summed E-state index contributed by atoms with van der Waals surface area (Å²) in [6, 6.07) is 11.7. The fourth-order valence-electron chi connectivity index (χ4n) is 3.81. The maximum Gasteiger partial charge on any atom is 0.306 e. The number of rotatable bonds is 6. The number of carboxylic acid groups (broad SMARTS) is 1. The van der Waals surface area contributed by atoms with Crippen LogP contribution in [0.3, 0.4) is 0 Å². The van der Waals surface area contributed by atoms with E-state index < -0.39 is 5.97 Å². The average Bonchev–Trinajstić information content (AvgIpc) is 3.44. The number of carboxylic acids is 1. The van der Waals surface area contributed by atoms with Crippen LogP contribution in [0.2, 0.25) is 5.02 Å². The molecule has 1 saturated carbocycles. The summed E-state index contributed by atoms with van der Waals surface area (Å²) in [6.07, 6.45) is 2.43. The van der Waals surface area contributed by atoms with Crippen molar-refractivity contribution in [3.05, 3.63) is 58.1 Å². The zero-order chi connectivity index (χ0) is 23.2. The van der Waals surface area contributed by atoms with Gasteiger partial charge in [-0.15, -0.1) is 0 Å². The molecule has 4 rings (SSSR count). The molecule has 1 fully saturated rings. The lowest BCUT2D eigenvalue weighted by Crippen LogP contribution is -2.25. The lowest BCUT2D eigenvalue weighted by atomic mass is 10.0. The molecule has 1 aliphatic carbocycles. The zero-order valence-electron chi connectivity index (χ0n) is 19.5. The van der Waals surface area contributed by atoms with E-state index in [1.54, 1.807) is 0 Å². The molecule has 170 valence electrons. The molecule has 1 heterocycles. The van der Waals surface area contributed by atoms with Crippen LogP contribution in [0.15, 0.2) is 36.4 Å². The monoisotopic (exact) mass is 446 g/mol. The summed E-state index contributed by atoms with van der Waals surface area (Å²) in [5.74, 6) is 1.07. The molecule has 2 aromatic rings. The number of fused-ring (bicyclic) bond motifs is 1. The molecule has 2 unspecified atom stereocenters. The van der Waals surface area contributed by atoms with E-state index >= 15 is 0 Å². The fourth-order valence-corrected chi connectivity index (χ4v) is 4.08. The first-order valence-corrected chi connectivity index (χ1v) is 11.6. The third-order valence-corrected chi connectivity index (χ3v) is 5.48. The summed E-state index contributed by atoms with van der Waals surface area (Å²) in [6.45, 7) is 12.5. The first-order chi connectivity index (χ1) is 14.8. The number of hydrogen-bond donors (Lipinski definition) is 1. The summed E-state index contributed by atoms with van der Waals surface area (Å²) in [7, 11) is 0. The van der Waals surface area contributed by atoms with Crippen molar-refractivity contribution in [3.8, 4) is 11.5 Å². The largest absolute Gasteiger partial charge is 0.489 e. The van der Waals surface area contributed by atoms with E-state index in [1.807, 2.05) is 64.1 Å². The SMILES string of the molecule is CC.CC.CC1(C)Cc2cc(Cl)cc(COc3ccc(CC4CC4C(=O)O)cc3)c2O1. The fraction of sp³-hybridized carbons (Fsp3) is 0.500. The highest BCUT2D eigenvalue weighted by molar-refractivity contribution is 6.30. The van der Waals surface area contributed by atoms with Gasteiger partial charge < -0.3 is 14.6 Å². The second-order valence-corrected chi connectivity index (χ2v) is 8.61. The second-order valence-electron chi connectivity index (χ2n) is 8.17. The van der Waals surface area contributed by atoms with Gasteiger partial charge in [0, 0.05) is 17.0 Å². The first-order valence-electron chi connectivity index (χ1n) is 11.3. The summed E-state index contributed by atoms with van der Waals surface area (Å²) < 4.78 is 12.0. The van der Waals surface area contributed by atoms with Gasteiger partial charge in [-0.1, -0.05) is 51.4 Å². The van der Waals surface area contributed by atoms with Crippen LogP contribution in [0.25, 0.3) is 0 Å². The third kappa shape index (κ3) is 6.64. The molecule has 1 N–H and O–H groups in total. The number of aliphatic carboxylic acids is 1. The van der Waals surface area contributed by atoms with Crippen molar-refractivity contribution in [3.63, 3.8) is 0 Å². The van der Waals surface area contributed by atoms with Crippen LogP contribution in [0.1, 0.15) is 64.7 Å². The average molecular weight is 447 g/mol. The Morgan fingerprint density at radius 1 is 1.16 bits per heavy atom. The van der Waals surface area contributed by atoms with Gasteiger partial charge in [0.1, 0.15) is 23.7 Å². The molecule has 2 aromatic carbocycles. The predicted molar refractivity (Wildman–Crippen MR) is 126 cm³/mol. The molecular weight excluding hydrogens is 412 g/mol. The standard InChI is InChI=1S/C22H23ClO4.2C2H6/c1-22(2)11-15-8-17(23)9-16(20(15)27-22)12-26-18-5-3-13(4-6-18)7-14-10-19(14)21(24)25;2*1-2/h3-6,8-9,14,19H,7,10-12H2,1-2H3,(H,24,25);2*1-2H3. The number of benzene rings is 2. The molecule has 0 bridgehead atoms. The van der Waals surface area contributed by atoms with Crippen LogP contribution in [0, 0.1) is 11.8 Å². The first kappa shape index (κ1) is 25.1. The molecule has 4 nitrogen and oxygen atoms in total. The van der Waals surface area contributed by atoms with Gasteiger partial charge >= 0.3 is 5.97 Å². The van der Waals surface area contributed by atoms with Crippen molar-refractivity contribution < 1.29 is 19.4 Å². The van der Waals surface area contributed by atoms with Crippen LogP contribution in [-0.4, -0.2) is 16.7 Å². The summed E-state index contributed by atoms with van der Waals surface area (Å²) in [4.78, 5) is 10.9. The Labute approximate surface area is 191 Å². The highest BCUT2D eigenvalue weighted by Gasteiger charge is 2.42. The second kappa shape index (κ2) is 10.9. The van der Waals surface area contributed by atoms with Crippen molar-refractivity contribution in [2.24, 2.45) is 11.8 Å². The van der Waals surface area contributed by atoms with Gasteiger partial charge in [-0.25, -0.2) is 0 Å². The Bertz CT molecular complexity index is 874. The molecule has 2 atom stereocenters. The summed E-state index contributed by atoms with van der Waals surface area (Å²) >= 11 is 6.26. The quantitative estimate of drug-likeness (QED) is 0.521. The predicted octanol–water partition coefficient (Wildman–Crippen LogP) is 6.95. The van der Waals surface area contributed by atoms with Crippen molar-refractivity contribution in [1.82, 2.24) is 0 Å². The molecule has 1 aliphatic heterocycles. The summed E-state index contributed by atoms with van der Waals surface area (Å²) in [5, 5.41) is 9.70. The van der Waals surface area contributed by atoms with Crippen LogP contribution < -0.4 is 9.47 Å². The number of carbonyl (C=O) groups is 1. The van der Waals surface area contributed by atoms with Crippen molar-refractivity contribution >= 4 is 17.6 Å². The van der Waals surface area contributed by atoms with Gasteiger partial charge in [-0.05, 0) is 68.0 Å². The van der Waals surface area contributed by atoms with Gasteiger partial charge in [0.25, 0.3) is 0 Å². The molecule has 0 amide bonds. The smallest absolute Gasteiger partial charge is 0.306 e. The maximum absolute atomic E-state index is 10.9. The van der Waals surface area contributed by atoms with E-state index in [0.717, 1.165) is 47.5 Å². The van der Waals surface area contributed by atoms with Crippen LogP contribution in [0.5, 0.6) is 11.5 Å². The lowest BCUT2D eigenvalue weighted by molar-refractivity contribution is -0.138. The topological polar surface area (TPSA) is 55.8 Å². The number of halogens is 1. The maximum atomic E-state index is 10.9. The van der Waals surface area contributed by atoms with E-state index in [4.69, 9.17) is 26.2 Å². The van der Waals surface area contributed by atoms with E-state index in [1.165, 1.54) is 0 Å². The van der Waals surface area contributed by atoms with Crippen molar-refractivity contribution in [2.45, 2.75) is 73.0 Å². The van der Waals surface area contributed by atoms with E-state index in [0.29, 0.717) is 11.6 Å². The molecule has 0 saturated heterocycles. The van der Waals surface area contributed by atoms with Gasteiger partial charge in [-0.2, -0.15) is 0 Å². The Hall–Kier alpha value is -2.20. The minimum Gasteiger partial charge on any atom is -0.489 e. The minimum atomic E-state index is -0.681. The van der Waals surface area contributed by atoms with Crippen LogP contribution >= 0.6 is 11.6 Å². The molecule has 0 aromatic heterocycles. The molecular formula is C26H35ClO4. The van der Waals surface area contributed by atoms with Gasteiger partial charge in [0.05, 0.1) is 5.92 Å². The van der Waals surface area contributed by atoms with Crippen molar-refractivity contribution in [1.29, 1.82) is 0 Å². The van der Waals surface area contributed by atoms with E-state index in [2.05, 4.69) is 13.8 Å². The zero-order valence-corrected chi connectivity index (χ0v) is 20.3. The highest BCUT2D eigenvalue weighted by atomic mass is 35.5. The van der Waals surface area contributed by atoms with E-state index in [-0.39, 0.29) is 17.4 Å². The molecule has 2 aliphatic rings. The Balaban J connectivity index is 0.000000807. The normalized spacial score (nSPS) is 19.6. The van der Waals surface area contributed by atoms with E-state index in [9.17, 15) is 4.79 Å². The molecule has 5 heteroatoms. The molecule has 0 radical (unpaired) electrons. The molecule has 31 heavy (non-hydrogen) atoms. The number of ether oxygens (including phenoxy) is 2. The minimum absolute atomic E-state index is 0.171. The number of hydrogen-bond acceptors (Lipinski definition) is 3. The third-order valence-electron chi connectivity index (χ3n) is 5.26. The van der Waals surface area contributed by atoms with Gasteiger partial charge in [-0.3, -0.25) is 4.79 Å². The summed E-state index contributed by atoms with van der Waals surface area (Å²) in [5.41, 5.74) is 3.00. The highest BCUT2D eigenvalue weighted by Crippen LogP contribution is 2.42.